The molecule has 0 saturated carbocycles. The topological polar surface area (TPSA) is 87.5 Å². The number of carbonyl (C=O) groups is 1. The number of aliphatic hydroxyl groups is 1. The van der Waals surface area contributed by atoms with Gasteiger partial charge in [-0.3, -0.25) is 14.6 Å². The summed E-state index contributed by atoms with van der Waals surface area (Å²) in [5.74, 6) is -0.452. The van der Waals surface area contributed by atoms with Crippen LogP contribution in [0.4, 0.5) is 0 Å². The van der Waals surface area contributed by atoms with E-state index in [1.807, 2.05) is 48.4 Å². The number of hydrogen-bond acceptors (Lipinski definition) is 6. The lowest BCUT2D eigenvalue weighted by Crippen LogP contribution is -2.29. The highest BCUT2D eigenvalue weighted by Crippen LogP contribution is 2.33. The molecule has 208 valence electrons. The first kappa shape index (κ1) is 29.3. The van der Waals surface area contributed by atoms with E-state index in [1.54, 1.807) is 36.7 Å². The third-order valence-corrected chi connectivity index (χ3v) is 8.14. The molecule has 7 nitrogen and oxygen atoms in total. The summed E-state index contributed by atoms with van der Waals surface area (Å²) >= 11 is 7.33. The van der Waals surface area contributed by atoms with Crippen molar-refractivity contribution in [2.75, 3.05) is 6.54 Å². The van der Waals surface area contributed by atoms with Crippen LogP contribution in [0, 0.1) is 0 Å². The maximum Gasteiger partial charge on any atom is 0.257 e. The van der Waals surface area contributed by atoms with Crippen molar-refractivity contribution in [2.45, 2.75) is 46.4 Å². The summed E-state index contributed by atoms with van der Waals surface area (Å²) in [5.41, 5.74) is 4.44. The lowest BCUT2D eigenvalue weighted by atomic mass is 10.1. The standard InChI is InChI=1S/C31H33ClN4O3S/c1-6-23-27(18-35(19(2)3)17-26(37)25-9-7-8-14-33-25)40-30-28(23)36(20(4)5)16-24(29(30)38)31(39)34-15-21-10-12-22(32)13-11-21/h7-14,16,26,37H,2,4,6,15,17-18H2,1,3,5H3,(H,34,39)/t26-/m1/s1. The average Bonchev–Trinajstić information content (AvgIpc) is 3.31. The fourth-order valence-corrected chi connectivity index (χ4v) is 6.00. The molecule has 1 amide bonds. The van der Waals surface area contributed by atoms with Crippen molar-refractivity contribution in [2.24, 2.45) is 0 Å². The number of halogens is 1. The van der Waals surface area contributed by atoms with E-state index in [4.69, 9.17) is 11.6 Å². The number of carbonyl (C=O) groups excluding carboxylic acids is 1. The van der Waals surface area contributed by atoms with Crippen LogP contribution >= 0.6 is 22.9 Å². The summed E-state index contributed by atoms with van der Waals surface area (Å²) < 4.78 is 2.33. The summed E-state index contributed by atoms with van der Waals surface area (Å²) in [7, 11) is 0. The Morgan fingerprint density at radius 1 is 1.20 bits per heavy atom. The summed E-state index contributed by atoms with van der Waals surface area (Å²) in [6, 6.07) is 12.6. The van der Waals surface area contributed by atoms with E-state index in [0.29, 0.717) is 40.6 Å². The molecule has 40 heavy (non-hydrogen) atoms. The first-order chi connectivity index (χ1) is 19.1. The molecule has 2 N–H and O–H groups in total. The second-order valence-electron chi connectivity index (χ2n) is 9.71. The van der Waals surface area contributed by atoms with Crippen molar-refractivity contribution < 1.29 is 9.90 Å². The van der Waals surface area contributed by atoms with Gasteiger partial charge in [0.25, 0.3) is 5.91 Å². The fourth-order valence-electron chi connectivity index (χ4n) is 4.52. The molecule has 0 unspecified atom stereocenters. The predicted octanol–water partition coefficient (Wildman–Crippen LogP) is 6.16. The minimum Gasteiger partial charge on any atom is -0.385 e. The second-order valence-corrected chi connectivity index (χ2v) is 11.2. The Bertz CT molecular complexity index is 1610. The Hall–Kier alpha value is -3.72. The molecule has 0 fully saturated rings. The van der Waals surface area contributed by atoms with Crippen LogP contribution in [0.5, 0.6) is 0 Å². The van der Waals surface area contributed by atoms with Gasteiger partial charge < -0.3 is 19.9 Å². The molecular weight excluding hydrogens is 544 g/mol. The lowest BCUT2D eigenvalue weighted by Gasteiger charge is -2.27. The van der Waals surface area contributed by atoms with E-state index in [-0.39, 0.29) is 17.5 Å². The van der Waals surface area contributed by atoms with Crippen LogP contribution in [0.3, 0.4) is 0 Å². The number of thiophene rings is 1. The van der Waals surface area contributed by atoms with Crippen LogP contribution in [-0.2, 0) is 19.5 Å². The number of fused-ring (bicyclic) bond motifs is 1. The summed E-state index contributed by atoms with van der Waals surface area (Å²) in [4.78, 5) is 34.1. The highest BCUT2D eigenvalue weighted by molar-refractivity contribution is 7.19. The number of allylic oxidation sites excluding steroid dienone is 2. The molecule has 3 aromatic heterocycles. The molecular formula is C31H33ClN4O3S. The molecule has 0 spiro atoms. The third kappa shape index (κ3) is 6.36. The van der Waals surface area contributed by atoms with Crippen LogP contribution in [0.1, 0.15) is 58.9 Å². The number of nitrogens with one attached hydrogen (secondary N) is 1. The number of benzene rings is 1. The van der Waals surface area contributed by atoms with Crippen molar-refractivity contribution in [3.63, 3.8) is 0 Å². The number of amides is 1. The zero-order valence-corrected chi connectivity index (χ0v) is 24.5. The molecule has 1 aromatic carbocycles. The predicted molar refractivity (Wildman–Crippen MR) is 164 cm³/mol. The third-order valence-electron chi connectivity index (χ3n) is 6.69. The van der Waals surface area contributed by atoms with Gasteiger partial charge in [0.1, 0.15) is 11.7 Å². The van der Waals surface area contributed by atoms with Gasteiger partial charge in [0.05, 0.1) is 22.5 Å². The van der Waals surface area contributed by atoms with E-state index in [2.05, 4.69) is 23.5 Å². The number of pyridine rings is 2. The van der Waals surface area contributed by atoms with Gasteiger partial charge in [0.15, 0.2) is 0 Å². The molecule has 0 aliphatic rings. The van der Waals surface area contributed by atoms with Gasteiger partial charge in [-0.1, -0.05) is 49.9 Å². The van der Waals surface area contributed by atoms with Crippen molar-refractivity contribution in [3.05, 3.63) is 116 Å². The molecule has 0 saturated heterocycles. The Labute approximate surface area is 243 Å². The minimum atomic E-state index is -0.802. The average molecular weight is 577 g/mol. The Morgan fingerprint density at radius 2 is 1.93 bits per heavy atom. The molecule has 4 aromatic rings. The molecule has 0 radical (unpaired) electrons. The highest BCUT2D eigenvalue weighted by Gasteiger charge is 2.24. The van der Waals surface area contributed by atoms with Crippen LogP contribution in [0.2, 0.25) is 5.02 Å². The van der Waals surface area contributed by atoms with Crippen LogP contribution in [-0.4, -0.2) is 32.0 Å². The molecule has 1 atom stereocenters. The number of aliphatic hydroxyl groups excluding tert-OH is 1. The number of rotatable bonds is 11. The Kier molecular flexibility index (Phi) is 9.25. The van der Waals surface area contributed by atoms with Gasteiger partial charge in [0, 0.05) is 46.8 Å². The second kappa shape index (κ2) is 12.6. The zero-order valence-electron chi connectivity index (χ0n) is 22.9. The van der Waals surface area contributed by atoms with Crippen LogP contribution < -0.4 is 10.7 Å². The maximum absolute atomic E-state index is 13.7. The normalized spacial score (nSPS) is 11.8. The molecule has 9 heteroatoms. The fraction of sp³-hybridized carbons (Fsp3) is 0.258. The zero-order chi connectivity index (χ0) is 29.0. The van der Waals surface area contributed by atoms with Crippen molar-refractivity contribution >= 4 is 44.8 Å². The van der Waals surface area contributed by atoms with Crippen molar-refractivity contribution in [3.8, 4) is 0 Å². The largest absolute Gasteiger partial charge is 0.385 e. The number of hydrogen-bond donors (Lipinski definition) is 2. The molecule has 3 heterocycles. The number of aryl methyl sites for hydroxylation is 1. The monoisotopic (exact) mass is 576 g/mol. The van der Waals surface area contributed by atoms with Gasteiger partial charge in [-0.2, -0.15) is 0 Å². The van der Waals surface area contributed by atoms with E-state index >= 15 is 0 Å². The first-order valence-electron chi connectivity index (χ1n) is 13.0. The first-order valence-corrected chi connectivity index (χ1v) is 14.2. The Balaban J connectivity index is 1.70. The quantitative estimate of drug-likeness (QED) is 0.223. The van der Waals surface area contributed by atoms with Gasteiger partial charge in [-0.05, 0) is 55.7 Å². The maximum atomic E-state index is 13.7. The molecule has 0 aliphatic carbocycles. The van der Waals surface area contributed by atoms with Crippen LogP contribution in [0.25, 0.3) is 15.9 Å². The summed E-state index contributed by atoms with van der Waals surface area (Å²) in [6.45, 7) is 15.0. The number of aromatic nitrogens is 2. The SMILES string of the molecule is C=C(C)N(Cc1sc2c(=O)c(C(=O)NCc3ccc(Cl)cc3)cn(C(=C)C)c2c1CC)C[C@@H](O)c1ccccn1. The van der Waals surface area contributed by atoms with Crippen molar-refractivity contribution in [1.29, 1.82) is 0 Å². The minimum absolute atomic E-state index is 0.0576. The van der Waals surface area contributed by atoms with Crippen molar-refractivity contribution in [1.82, 2.24) is 19.8 Å². The van der Waals surface area contributed by atoms with E-state index in [1.165, 1.54) is 11.3 Å². The van der Waals surface area contributed by atoms with Gasteiger partial charge >= 0.3 is 0 Å². The van der Waals surface area contributed by atoms with E-state index < -0.39 is 12.0 Å². The van der Waals surface area contributed by atoms with Crippen LogP contribution in [0.15, 0.2) is 78.5 Å². The number of nitrogens with zero attached hydrogens (tertiary/aromatic N) is 3. The van der Waals surface area contributed by atoms with E-state index in [9.17, 15) is 14.7 Å². The smallest absolute Gasteiger partial charge is 0.257 e. The molecule has 0 aliphatic heterocycles. The highest BCUT2D eigenvalue weighted by atomic mass is 35.5. The van der Waals surface area contributed by atoms with E-state index in [0.717, 1.165) is 27.2 Å². The molecule has 4 rings (SSSR count). The van der Waals surface area contributed by atoms with Gasteiger partial charge in [-0.15, -0.1) is 11.3 Å². The molecule has 0 bridgehead atoms. The summed E-state index contributed by atoms with van der Waals surface area (Å²) in [6.07, 6.45) is 3.11. The van der Waals surface area contributed by atoms with Gasteiger partial charge in [0.2, 0.25) is 5.43 Å². The Morgan fingerprint density at radius 3 is 2.52 bits per heavy atom. The summed E-state index contributed by atoms with van der Waals surface area (Å²) in [5, 5.41) is 14.3. The lowest BCUT2D eigenvalue weighted by molar-refractivity contribution is 0.0949. The van der Waals surface area contributed by atoms with Gasteiger partial charge in [-0.25, -0.2) is 0 Å².